The lowest BCUT2D eigenvalue weighted by Gasteiger charge is -2.12. The van der Waals surface area contributed by atoms with E-state index < -0.39 is 16.0 Å². The highest BCUT2D eigenvalue weighted by molar-refractivity contribution is 7.91. The van der Waals surface area contributed by atoms with E-state index in [9.17, 15) is 18.3 Å². The summed E-state index contributed by atoms with van der Waals surface area (Å²) in [6, 6.07) is 7.14. The highest BCUT2D eigenvalue weighted by atomic mass is 35.5. The van der Waals surface area contributed by atoms with Gasteiger partial charge in [0, 0.05) is 23.0 Å². The van der Waals surface area contributed by atoms with Crippen molar-refractivity contribution in [3.63, 3.8) is 0 Å². The van der Waals surface area contributed by atoms with Gasteiger partial charge in [0.15, 0.2) is 0 Å². The zero-order valence-electron chi connectivity index (χ0n) is 13.2. The Morgan fingerprint density at radius 1 is 1.32 bits per heavy atom. The maximum atomic E-state index is 12.6. The molecule has 1 aliphatic rings. The van der Waals surface area contributed by atoms with Gasteiger partial charge in [0.2, 0.25) is 0 Å². The summed E-state index contributed by atoms with van der Waals surface area (Å²) in [5.41, 5.74) is 1.50. The molecule has 3 N–H and O–H groups in total. The van der Waals surface area contributed by atoms with Crippen LogP contribution in [0.5, 0.6) is 0 Å². The van der Waals surface area contributed by atoms with E-state index in [4.69, 9.17) is 11.6 Å². The van der Waals surface area contributed by atoms with Crippen LogP contribution in [0, 0.1) is 0 Å². The molecule has 6 nitrogen and oxygen atoms in total. The third kappa shape index (κ3) is 4.04. The average Bonchev–Trinajstić information content (AvgIpc) is 2.97. The number of rotatable bonds is 6. The van der Waals surface area contributed by atoms with Gasteiger partial charge in [-0.05, 0) is 42.6 Å². The Kier molecular flexibility index (Phi) is 5.45. The van der Waals surface area contributed by atoms with Crippen molar-refractivity contribution in [3.05, 3.63) is 50.9 Å². The minimum Gasteiger partial charge on any atom is -0.478 e. The van der Waals surface area contributed by atoms with Crippen LogP contribution in [0.1, 0.15) is 26.4 Å². The lowest BCUT2D eigenvalue weighted by atomic mass is 10.1. The number of carbonyl (C=O) groups is 1. The normalized spacial score (nSPS) is 14.3. The van der Waals surface area contributed by atoms with Crippen LogP contribution in [-0.4, -0.2) is 32.6 Å². The number of sulfonamides is 1. The van der Waals surface area contributed by atoms with Gasteiger partial charge in [-0.1, -0.05) is 23.7 Å². The minimum atomic E-state index is -3.87. The molecule has 1 aromatic heterocycles. The molecule has 134 valence electrons. The Bertz CT molecular complexity index is 892. The highest BCUT2D eigenvalue weighted by Crippen LogP contribution is 2.34. The predicted octanol–water partition coefficient (Wildman–Crippen LogP) is 2.27. The van der Waals surface area contributed by atoms with E-state index in [-0.39, 0.29) is 16.3 Å². The van der Waals surface area contributed by atoms with Gasteiger partial charge in [-0.15, -0.1) is 11.3 Å². The van der Waals surface area contributed by atoms with Crippen LogP contribution in [0.2, 0.25) is 5.02 Å². The molecule has 0 spiro atoms. The number of fused-ring (bicyclic) bond motifs is 1. The molecule has 1 aromatic carbocycles. The molecule has 2 heterocycles. The largest absolute Gasteiger partial charge is 0.478 e. The van der Waals surface area contributed by atoms with Crippen molar-refractivity contribution in [2.45, 2.75) is 23.6 Å². The number of thiophene rings is 1. The second-order valence-electron chi connectivity index (χ2n) is 5.67. The molecule has 1 aliphatic heterocycles. The Balaban J connectivity index is 1.79. The Hall–Kier alpha value is -1.45. The number of carboxylic acid groups (broad SMARTS) is 1. The topological polar surface area (TPSA) is 95.5 Å². The van der Waals surface area contributed by atoms with Crippen LogP contribution >= 0.6 is 22.9 Å². The van der Waals surface area contributed by atoms with Crippen molar-refractivity contribution in [2.24, 2.45) is 0 Å². The first-order chi connectivity index (χ1) is 11.9. The first-order valence-electron chi connectivity index (χ1n) is 7.71. The van der Waals surface area contributed by atoms with E-state index >= 15 is 0 Å². The Morgan fingerprint density at radius 3 is 2.72 bits per heavy atom. The van der Waals surface area contributed by atoms with Crippen LogP contribution < -0.4 is 10.0 Å². The fourth-order valence-electron chi connectivity index (χ4n) is 2.76. The number of carboxylic acids is 1. The van der Waals surface area contributed by atoms with E-state index in [0.717, 1.165) is 21.8 Å². The smallest absolute Gasteiger partial charge is 0.338 e. The monoisotopic (exact) mass is 400 g/mol. The summed E-state index contributed by atoms with van der Waals surface area (Å²) < 4.78 is 27.6. The summed E-state index contributed by atoms with van der Waals surface area (Å²) >= 11 is 6.86. The fraction of sp³-hybridized carbons (Fsp3) is 0.312. The molecule has 3 rings (SSSR count). The van der Waals surface area contributed by atoms with Crippen molar-refractivity contribution in [1.29, 1.82) is 0 Å². The molecule has 2 aromatic rings. The molecule has 25 heavy (non-hydrogen) atoms. The van der Waals surface area contributed by atoms with Crippen molar-refractivity contribution < 1.29 is 18.3 Å². The number of nitrogens with one attached hydrogen (secondary N) is 2. The highest BCUT2D eigenvalue weighted by Gasteiger charge is 2.31. The molecule has 0 unspecified atom stereocenters. The summed E-state index contributed by atoms with van der Waals surface area (Å²) in [6.45, 7) is 1.33. The number of hydrogen-bond donors (Lipinski definition) is 3. The third-order valence-corrected chi connectivity index (χ3v) is 7.44. The summed E-state index contributed by atoms with van der Waals surface area (Å²) in [6.07, 6.45) is 1.01. The van der Waals surface area contributed by atoms with Crippen LogP contribution in [0.3, 0.4) is 0 Å². The maximum absolute atomic E-state index is 12.6. The second-order valence-corrected chi connectivity index (χ2v) is 9.18. The average molecular weight is 401 g/mol. The zero-order chi connectivity index (χ0) is 18.0. The Morgan fingerprint density at radius 2 is 2.04 bits per heavy atom. The SMILES string of the molecule is O=C(O)c1c(S(=O)(=O)NCCc2ccc(Cl)cc2)sc2c1CCNC2. The molecule has 0 saturated carbocycles. The van der Waals surface area contributed by atoms with Gasteiger partial charge in [0.05, 0.1) is 5.56 Å². The maximum Gasteiger partial charge on any atom is 0.338 e. The second kappa shape index (κ2) is 7.43. The summed E-state index contributed by atoms with van der Waals surface area (Å²) in [4.78, 5) is 12.4. The molecule has 0 radical (unpaired) electrons. The number of hydrogen-bond acceptors (Lipinski definition) is 5. The van der Waals surface area contributed by atoms with Crippen molar-refractivity contribution >= 4 is 38.9 Å². The lowest BCUT2D eigenvalue weighted by molar-refractivity contribution is 0.0692. The molecule has 0 saturated heterocycles. The quantitative estimate of drug-likeness (QED) is 0.691. The van der Waals surface area contributed by atoms with Gasteiger partial charge in [-0.2, -0.15) is 0 Å². The predicted molar refractivity (Wildman–Crippen MR) is 97.0 cm³/mol. The molecular weight excluding hydrogens is 384 g/mol. The molecule has 0 amide bonds. The van der Waals surface area contributed by atoms with Gasteiger partial charge < -0.3 is 10.4 Å². The third-order valence-electron chi connectivity index (χ3n) is 3.97. The number of benzene rings is 1. The zero-order valence-corrected chi connectivity index (χ0v) is 15.6. The fourth-order valence-corrected chi connectivity index (χ4v) is 5.82. The lowest BCUT2D eigenvalue weighted by Crippen LogP contribution is -2.27. The van der Waals surface area contributed by atoms with Crippen molar-refractivity contribution in [3.8, 4) is 0 Å². The van der Waals surface area contributed by atoms with Gasteiger partial charge >= 0.3 is 5.97 Å². The Labute approximate surface area is 154 Å². The first-order valence-corrected chi connectivity index (χ1v) is 10.4. The number of halogens is 1. The number of aromatic carboxylic acids is 1. The standard InChI is InChI=1S/C16H17ClN2O4S2/c17-11-3-1-10(2-4-11)5-8-19-25(22,23)16-14(15(20)21)12-6-7-18-9-13(12)24-16/h1-4,18-19H,5-9H2,(H,20,21). The van der Waals surface area contributed by atoms with Crippen LogP contribution in [0.15, 0.2) is 28.5 Å². The molecule has 0 atom stereocenters. The van der Waals surface area contributed by atoms with Crippen LogP contribution in [-0.2, 0) is 29.4 Å². The van der Waals surface area contributed by atoms with Gasteiger partial charge in [0.25, 0.3) is 10.0 Å². The van der Waals surface area contributed by atoms with Crippen LogP contribution in [0.25, 0.3) is 0 Å². The van der Waals surface area contributed by atoms with Crippen LogP contribution in [0.4, 0.5) is 0 Å². The molecule has 0 bridgehead atoms. The van der Waals surface area contributed by atoms with Gasteiger partial charge in [-0.3, -0.25) is 0 Å². The molecular formula is C16H17ClN2O4S2. The van der Waals surface area contributed by atoms with E-state index in [2.05, 4.69) is 10.0 Å². The minimum absolute atomic E-state index is 0.0829. The van der Waals surface area contributed by atoms with E-state index in [1.165, 1.54) is 0 Å². The molecule has 0 fully saturated rings. The molecule has 9 heteroatoms. The van der Waals surface area contributed by atoms with Crippen molar-refractivity contribution in [2.75, 3.05) is 13.1 Å². The van der Waals surface area contributed by atoms with Crippen molar-refractivity contribution in [1.82, 2.24) is 10.0 Å². The van der Waals surface area contributed by atoms with E-state index in [0.29, 0.717) is 36.5 Å². The summed E-state index contributed by atoms with van der Waals surface area (Å²) in [5, 5.41) is 13.2. The van der Waals surface area contributed by atoms with Gasteiger partial charge in [-0.25, -0.2) is 17.9 Å². The molecule has 0 aliphatic carbocycles. The van der Waals surface area contributed by atoms with Gasteiger partial charge in [0.1, 0.15) is 4.21 Å². The summed E-state index contributed by atoms with van der Waals surface area (Å²) in [7, 11) is -3.87. The summed E-state index contributed by atoms with van der Waals surface area (Å²) in [5.74, 6) is -1.20. The first kappa shape index (κ1) is 18.3. The van der Waals surface area contributed by atoms with E-state index in [1.807, 2.05) is 12.1 Å². The van der Waals surface area contributed by atoms with E-state index in [1.54, 1.807) is 12.1 Å².